The zero-order valence-corrected chi connectivity index (χ0v) is 11.2. The first-order valence-electron chi connectivity index (χ1n) is 3.62. The van der Waals surface area contributed by atoms with Crippen LogP contribution in [0, 0.1) is 5.92 Å². The van der Waals surface area contributed by atoms with E-state index in [1.54, 1.807) is 12.8 Å². The van der Waals surface area contributed by atoms with Crippen molar-refractivity contribution in [3.63, 3.8) is 0 Å². The fourth-order valence-electron chi connectivity index (χ4n) is 1.33. The summed E-state index contributed by atoms with van der Waals surface area (Å²) in [5.74, 6) is 1.05. The van der Waals surface area contributed by atoms with Crippen LogP contribution in [-0.2, 0) is 26.1 Å². The van der Waals surface area contributed by atoms with Gasteiger partial charge in [0.2, 0.25) is 0 Å². The molecule has 0 saturated heterocycles. The van der Waals surface area contributed by atoms with Gasteiger partial charge in [-0.3, -0.25) is 0 Å². The van der Waals surface area contributed by atoms with Gasteiger partial charge in [0.15, 0.2) is 0 Å². The first kappa shape index (κ1) is 7.05. The molecule has 1 rings (SSSR count). The normalized spacial score (nSPS) is 39.9. The predicted molar refractivity (Wildman–Crippen MR) is 31.4 cm³/mol. The number of hydrogen-bond acceptors (Lipinski definition) is 0. The molecule has 0 spiro atoms. The van der Waals surface area contributed by atoms with Crippen LogP contribution in [0.1, 0.15) is 32.6 Å². The van der Waals surface area contributed by atoms with Gasteiger partial charge in [-0.1, -0.05) is 0 Å². The number of rotatable bonds is 0. The molecule has 0 aromatic carbocycles. The molecule has 0 heterocycles. The van der Waals surface area contributed by atoms with Gasteiger partial charge in [-0.2, -0.15) is 0 Å². The van der Waals surface area contributed by atoms with Crippen molar-refractivity contribution in [2.45, 2.75) is 36.0 Å². The molecule has 1 saturated carbocycles. The molecule has 0 bridgehead atoms. The molecule has 1 heteroatoms. The minimum absolute atomic E-state index is 1.05. The van der Waals surface area contributed by atoms with Crippen molar-refractivity contribution in [3.05, 3.63) is 0 Å². The fraction of sp³-hybridized carbons (Fsp3) is 1.00. The van der Waals surface area contributed by atoms with Crippen molar-refractivity contribution in [3.8, 4) is 0 Å². The van der Waals surface area contributed by atoms with Crippen molar-refractivity contribution in [1.82, 2.24) is 0 Å². The summed E-state index contributed by atoms with van der Waals surface area (Å²) in [4.78, 5) is 0. The van der Waals surface area contributed by atoms with Crippen LogP contribution >= 0.6 is 0 Å². The molecular formula is C7H13Hg. The quantitative estimate of drug-likeness (QED) is 0.603. The van der Waals surface area contributed by atoms with Crippen LogP contribution in [0.3, 0.4) is 0 Å². The molecule has 0 aromatic rings. The average molecular weight is 298 g/mol. The maximum atomic E-state index is 2.39. The summed E-state index contributed by atoms with van der Waals surface area (Å²) in [5.41, 5.74) is 0. The topological polar surface area (TPSA) is 0 Å². The molecule has 0 amide bonds. The predicted octanol–water partition coefficient (Wildman–Crippen LogP) is 2.53. The van der Waals surface area contributed by atoms with E-state index in [1.165, 1.54) is 16.3 Å². The molecular weight excluding hydrogens is 285 g/mol. The molecule has 8 heavy (non-hydrogen) atoms. The average Bonchev–Trinajstić information content (AvgIpc) is 1.77. The van der Waals surface area contributed by atoms with Crippen molar-refractivity contribution in [1.29, 1.82) is 0 Å². The van der Waals surface area contributed by atoms with Gasteiger partial charge >= 0.3 is 68.1 Å². The van der Waals surface area contributed by atoms with Gasteiger partial charge in [0.05, 0.1) is 0 Å². The second-order valence-electron chi connectivity index (χ2n) is 3.13. The van der Waals surface area contributed by atoms with Crippen molar-refractivity contribution in [2.75, 3.05) is 0 Å². The van der Waals surface area contributed by atoms with E-state index in [1.807, 2.05) is 0 Å². The van der Waals surface area contributed by atoms with Gasteiger partial charge in [0.25, 0.3) is 0 Å². The molecule has 0 aromatic heterocycles. The summed E-state index contributed by atoms with van der Waals surface area (Å²) in [7, 11) is 0. The van der Waals surface area contributed by atoms with E-state index in [0.29, 0.717) is 0 Å². The standard InChI is InChI=1S/C7H13.Hg/c1-7-5-3-2-4-6-7;/h2,7H,3-6H2,1H3;. The molecule has 0 atom stereocenters. The van der Waals surface area contributed by atoms with E-state index in [0.717, 1.165) is 32.0 Å². The first-order valence-corrected chi connectivity index (χ1v) is 6.79. The van der Waals surface area contributed by atoms with Crippen molar-refractivity contribution >= 4 is 0 Å². The van der Waals surface area contributed by atoms with Crippen molar-refractivity contribution in [2.24, 2.45) is 5.92 Å². The molecule has 1 aliphatic rings. The molecule has 0 N–H and O–H groups in total. The molecule has 0 aliphatic heterocycles. The van der Waals surface area contributed by atoms with Gasteiger partial charge in [-0.15, -0.1) is 0 Å². The van der Waals surface area contributed by atoms with Crippen LogP contribution < -0.4 is 0 Å². The first-order chi connectivity index (χ1) is 3.79. The van der Waals surface area contributed by atoms with Crippen LogP contribution in [0.4, 0.5) is 0 Å². The van der Waals surface area contributed by atoms with E-state index in [-0.39, 0.29) is 0 Å². The second kappa shape index (κ2) is 3.19. The van der Waals surface area contributed by atoms with E-state index < -0.39 is 0 Å². The van der Waals surface area contributed by atoms with Crippen LogP contribution in [-0.4, -0.2) is 0 Å². The minimum atomic E-state index is 1.05. The van der Waals surface area contributed by atoms with Gasteiger partial charge in [0.1, 0.15) is 0 Å². The van der Waals surface area contributed by atoms with Crippen molar-refractivity contribution < 1.29 is 26.1 Å². The van der Waals surface area contributed by atoms with Crippen LogP contribution in [0.25, 0.3) is 0 Å². The Balaban J connectivity index is 2.19. The molecule has 1 aliphatic carbocycles. The van der Waals surface area contributed by atoms with E-state index >= 15 is 0 Å². The summed E-state index contributed by atoms with van der Waals surface area (Å²) in [5, 5.41) is 0. The fourth-order valence-corrected chi connectivity index (χ4v) is 3.16. The third-order valence-corrected chi connectivity index (χ3v) is 5.31. The van der Waals surface area contributed by atoms with E-state index in [9.17, 15) is 0 Å². The Morgan fingerprint density at radius 3 is 2.00 bits per heavy atom. The number of hydrogen-bond donors (Lipinski definition) is 0. The van der Waals surface area contributed by atoms with E-state index in [4.69, 9.17) is 0 Å². The Hall–Kier alpha value is 0.935. The maximum absolute atomic E-state index is 2.39. The Bertz CT molecular complexity index is 52.8. The van der Waals surface area contributed by atoms with Gasteiger partial charge < -0.3 is 0 Å². The summed E-state index contributed by atoms with van der Waals surface area (Å²) in [6.07, 6.45) is 6.16. The summed E-state index contributed by atoms with van der Waals surface area (Å²) in [6.45, 7) is 2.39. The van der Waals surface area contributed by atoms with Crippen LogP contribution in [0.5, 0.6) is 0 Å². The van der Waals surface area contributed by atoms with Gasteiger partial charge in [-0.05, 0) is 0 Å². The molecule has 0 radical (unpaired) electrons. The monoisotopic (exact) mass is 299 g/mol. The third kappa shape index (κ3) is 2.04. The Labute approximate surface area is 68.0 Å². The molecule has 1 fully saturated rings. The molecule has 43 valence electrons. The Morgan fingerprint density at radius 1 is 1.12 bits per heavy atom. The summed E-state index contributed by atoms with van der Waals surface area (Å²) >= 11 is 1.07. The second-order valence-corrected chi connectivity index (χ2v) is 7.61. The Morgan fingerprint density at radius 2 is 1.62 bits per heavy atom. The zero-order chi connectivity index (χ0) is 5.98. The van der Waals surface area contributed by atoms with E-state index in [2.05, 4.69) is 6.92 Å². The van der Waals surface area contributed by atoms with Gasteiger partial charge in [-0.25, -0.2) is 0 Å². The SMILES string of the molecule is CC1CC[CH]([Hg])CC1. The molecule has 0 nitrogen and oxygen atoms in total. The molecule has 0 unspecified atom stereocenters. The summed E-state index contributed by atoms with van der Waals surface area (Å²) < 4.78 is 1.21. The van der Waals surface area contributed by atoms with Crippen LogP contribution in [0.2, 0.25) is 3.43 Å². The van der Waals surface area contributed by atoms with Gasteiger partial charge in [0, 0.05) is 0 Å². The Kier molecular flexibility index (Phi) is 2.81. The zero-order valence-electron chi connectivity index (χ0n) is 5.69. The third-order valence-electron chi connectivity index (χ3n) is 2.14. The summed E-state index contributed by atoms with van der Waals surface area (Å²) in [6, 6.07) is 0. The van der Waals surface area contributed by atoms with Crippen LogP contribution in [0.15, 0.2) is 0 Å².